The Balaban J connectivity index is 1.65. The molecule has 2 aliphatic rings. The zero-order valence-electron chi connectivity index (χ0n) is 15.5. The van der Waals surface area contributed by atoms with Gasteiger partial charge in [-0.25, -0.2) is 0 Å². The fourth-order valence-corrected chi connectivity index (χ4v) is 4.01. The van der Waals surface area contributed by atoms with Gasteiger partial charge in [-0.15, -0.1) is 0 Å². The number of amides is 1. The summed E-state index contributed by atoms with van der Waals surface area (Å²) in [6.45, 7) is 1.60. The fraction of sp³-hybridized carbons (Fsp3) is 0.632. The number of alkyl halides is 2. The van der Waals surface area contributed by atoms with Gasteiger partial charge in [0.05, 0.1) is 0 Å². The van der Waals surface area contributed by atoms with Crippen LogP contribution in [0.5, 0.6) is 5.75 Å². The maximum atomic E-state index is 12.3. The molecule has 1 atom stereocenters. The molecule has 26 heavy (non-hydrogen) atoms. The Morgan fingerprint density at radius 2 is 1.85 bits per heavy atom. The molecule has 1 aromatic carbocycles. The number of benzene rings is 1. The van der Waals surface area contributed by atoms with Gasteiger partial charge < -0.3 is 9.64 Å². The topological polar surface area (TPSA) is 36.0 Å². The predicted molar refractivity (Wildman–Crippen MR) is 95.2 cm³/mol. The summed E-state index contributed by atoms with van der Waals surface area (Å²) in [5.41, 5.74) is 1.10. The van der Waals surface area contributed by atoms with E-state index >= 15 is 0 Å². The largest absolute Gasteiger partial charge is 0.435 e. The Hall–Kier alpha value is -1.73. The molecule has 1 amide bonds. The second-order valence-electron chi connectivity index (χ2n) is 7.44. The molecule has 2 fully saturated rings. The van der Waals surface area contributed by atoms with E-state index in [0.29, 0.717) is 6.42 Å². The van der Waals surface area contributed by atoms with Crippen LogP contribution in [0.2, 0.25) is 0 Å². The number of ether oxygens (including phenoxy) is 1. The highest BCUT2D eigenvalue weighted by atomic mass is 19.3. The third-order valence-corrected chi connectivity index (χ3v) is 5.78. The van der Waals surface area contributed by atoms with Crippen LogP contribution in [0.25, 0.3) is 0 Å². The summed E-state index contributed by atoms with van der Waals surface area (Å²) in [5, 5.41) is 0. The standard InChI is InChI=1S/C19H27F2N3O2/c1-22-10-9-19(8-7-17(22)25)14-24(12-11-23(19)2)13-15-3-5-16(6-4-15)26-18(20)21/h3-6,18H,7-14H2,1-2H3/t19-/m1/s1. The van der Waals surface area contributed by atoms with Crippen LogP contribution < -0.4 is 4.74 Å². The van der Waals surface area contributed by atoms with Crippen LogP contribution in [0.1, 0.15) is 24.8 Å². The van der Waals surface area contributed by atoms with Crippen LogP contribution in [0.15, 0.2) is 24.3 Å². The lowest BCUT2D eigenvalue weighted by Gasteiger charge is -2.49. The van der Waals surface area contributed by atoms with Crippen LogP contribution in [0.3, 0.4) is 0 Å². The summed E-state index contributed by atoms with van der Waals surface area (Å²) in [4.78, 5) is 18.7. The van der Waals surface area contributed by atoms with Gasteiger partial charge in [0.15, 0.2) is 0 Å². The SMILES string of the molecule is CN1CC[C@]2(CCC1=O)CN(Cc1ccc(OC(F)F)cc1)CCN2C. The Morgan fingerprint density at radius 1 is 1.12 bits per heavy atom. The molecule has 1 spiro atoms. The van der Waals surface area contributed by atoms with Crippen molar-refractivity contribution in [3.05, 3.63) is 29.8 Å². The average Bonchev–Trinajstić information content (AvgIpc) is 2.74. The number of piperazine rings is 1. The Morgan fingerprint density at radius 3 is 2.54 bits per heavy atom. The van der Waals surface area contributed by atoms with Gasteiger partial charge in [-0.3, -0.25) is 14.6 Å². The van der Waals surface area contributed by atoms with Crippen LogP contribution >= 0.6 is 0 Å². The number of carbonyl (C=O) groups is 1. The van der Waals surface area contributed by atoms with Crippen molar-refractivity contribution in [2.45, 2.75) is 38.0 Å². The lowest BCUT2D eigenvalue weighted by Crippen LogP contribution is -2.60. The molecular weight excluding hydrogens is 340 g/mol. The maximum Gasteiger partial charge on any atom is 0.387 e. The minimum atomic E-state index is -2.80. The number of nitrogens with zero attached hydrogens (tertiary/aromatic N) is 3. The lowest BCUT2D eigenvalue weighted by atomic mass is 9.86. The molecule has 144 valence electrons. The molecule has 5 nitrogen and oxygen atoms in total. The quantitative estimate of drug-likeness (QED) is 0.819. The minimum absolute atomic E-state index is 0.0252. The highest BCUT2D eigenvalue weighted by Gasteiger charge is 2.41. The molecule has 0 saturated carbocycles. The van der Waals surface area contributed by atoms with Gasteiger partial charge in [0.1, 0.15) is 5.75 Å². The second kappa shape index (κ2) is 7.88. The second-order valence-corrected chi connectivity index (χ2v) is 7.44. The first-order valence-electron chi connectivity index (χ1n) is 9.09. The van der Waals surface area contributed by atoms with Crippen molar-refractivity contribution in [1.82, 2.24) is 14.7 Å². The number of rotatable bonds is 4. The maximum absolute atomic E-state index is 12.3. The fourth-order valence-electron chi connectivity index (χ4n) is 4.01. The van der Waals surface area contributed by atoms with E-state index in [1.165, 1.54) is 0 Å². The van der Waals surface area contributed by atoms with Crippen molar-refractivity contribution in [1.29, 1.82) is 0 Å². The highest BCUT2D eigenvalue weighted by Crippen LogP contribution is 2.32. The summed E-state index contributed by atoms with van der Waals surface area (Å²) in [6.07, 6.45) is 2.45. The van der Waals surface area contributed by atoms with E-state index in [9.17, 15) is 13.6 Å². The average molecular weight is 367 g/mol. The van der Waals surface area contributed by atoms with E-state index < -0.39 is 6.61 Å². The van der Waals surface area contributed by atoms with Crippen molar-refractivity contribution in [3.8, 4) is 5.75 Å². The zero-order valence-corrected chi connectivity index (χ0v) is 15.5. The molecule has 0 bridgehead atoms. The molecule has 0 aromatic heterocycles. The van der Waals surface area contributed by atoms with Crippen molar-refractivity contribution in [2.75, 3.05) is 40.3 Å². The third kappa shape index (κ3) is 4.32. The van der Waals surface area contributed by atoms with E-state index in [1.54, 1.807) is 12.1 Å². The molecular formula is C19H27F2N3O2. The number of hydrogen-bond donors (Lipinski definition) is 0. The molecule has 0 N–H and O–H groups in total. The van der Waals surface area contributed by atoms with Gasteiger partial charge in [0.25, 0.3) is 0 Å². The molecule has 2 saturated heterocycles. The van der Waals surface area contributed by atoms with Crippen molar-refractivity contribution < 1.29 is 18.3 Å². The molecule has 7 heteroatoms. The number of likely N-dealkylation sites (tertiary alicyclic amines) is 1. The van der Waals surface area contributed by atoms with Crippen molar-refractivity contribution in [2.24, 2.45) is 0 Å². The number of likely N-dealkylation sites (N-methyl/N-ethyl adjacent to an activating group) is 1. The van der Waals surface area contributed by atoms with Crippen molar-refractivity contribution >= 4 is 5.91 Å². The summed E-state index contributed by atoms with van der Waals surface area (Å²) in [7, 11) is 4.04. The first-order valence-corrected chi connectivity index (χ1v) is 9.09. The number of halogens is 2. The van der Waals surface area contributed by atoms with Crippen molar-refractivity contribution in [3.63, 3.8) is 0 Å². The van der Waals surface area contributed by atoms with Gasteiger partial charge in [-0.2, -0.15) is 8.78 Å². The van der Waals surface area contributed by atoms with Gasteiger partial charge in [0.2, 0.25) is 5.91 Å². The third-order valence-electron chi connectivity index (χ3n) is 5.78. The number of carbonyl (C=O) groups excluding carboxylic acids is 1. The highest BCUT2D eigenvalue weighted by molar-refractivity contribution is 5.76. The van der Waals surface area contributed by atoms with Gasteiger partial charge in [-0.1, -0.05) is 12.1 Å². The summed E-state index contributed by atoms with van der Waals surface area (Å²) < 4.78 is 28.9. The Labute approximate surface area is 153 Å². The number of hydrogen-bond acceptors (Lipinski definition) is 4. The van der Waals surface area contributed by atoms with Crippen LogP contribution in [0, 0.1) is 0 Å². The Bertz CT molecular complexity index is 626. The van der Waals surface area contributed by atoms with Gasteiger partial charge in [-0.05, 0) is 37.6 Å². The molecule has 0 unspecified atom stereocenters. The summed E-state index contributed by atoms with van der Waals surface area (Å²) in [6, 6.07) is 6.86. The van der Waals surface area contributed by atoms with Crippen LogP contribution in [0.4, 0.5) is 8.78 Å². The summed E-state index contributed by atoms with van der Waals surface area (Å²) in [5.74, 6) is 0.408. The monoisotopic (exact) mass is 367 g/mol. The molecule has 2 aliphatic heterocycles. The molecule has 0 aliphatic carbocycles. The van der Waals surface area contributed by atoms with E-state index in [2.05, 4.69) is 21.6 Å². The van der Waals surface area contributed by atoms with E-state index in [0.717, 1.165) is 51.1 Å². The molecule has 1 aromatic rings. The molecule has 0 radical (unpaired) electrons. The van der Waals surface area contributed by atoms with Crippen LogP contribution in [-0.2, 0) is 11.3 Å². The Kier molecular flexibility index (Phi) is 5.77. The van der Waals surface area contributed by atoms with Gasteiger partial charge in [0, 0.05) is 51.7 Å². The summed E-state index contributed by atoms with van der Waals surface area (Å²) >= 11 is 0. The van der Waals surface area contributed by atoms with Gasteiger partial charge >= 0.3 is 6.61 Å². The smallest absolute Gasteiger partial charge is 0.387 e. The van der Waals surface area contributed by atoms with E-state index in [-0.39, 0.29) is 17.2 Å². The molecule has 3 rings (SSSR count). The first-order chi connectivity index (χ1) is 12.4. The van der Waals surface area contributed by atoms with Crippen LogP contribution in [-0.4, -0.2) is 73.0 Å². The lowest BCUT2D eigenvalue weighted by molar-refractivity contribution is -0.129. The normalized spacial score (nSPS) is 25.7. The zero-order chi connectivity index (χ0) is 18.7. The molecule has 2 heterocycles. The minimum Gasteiger partial charge on any atom is -0.435 e. The van der Waals surface area contributed by atoms with E-state index in [1.807, 2.05) is 24.1 Å². The van der Waals surface area contributed by atoms with E-state index in [4.69, 9.17) is 0 Å². The predicted octanol–water partition coefficient (Wildman–Crippen LogP) is 2.42. The first kappa shape index (κ1) is 19.0.